The van der Waals surface area contributed by atoms with E-state index < -0.39 is 0 Å². The second-order valence-electron chi connectivity index (χ2n) is 6.21. The van der Waals surface area contributed by atoms with Crippen molar-refractivity contribution >= 4 is 11.6 Å². The van der Waals surface area contributed by atoms with Crippen LogP contribution in [0.5, 0.6) is 5.75 Å². The number of ether oxygens (including phenoxy) is 1. The summed E-state index contributed by atoms with van der Waals surface area (Å²) in [5.41, 5.74) is 0.713. The van der Waals surface area contributed by atoms with E-state index in [1.165, 1.54) is 0 Å². The molecule has 1 aliphatic heterocycles. The third-order valence-corrected chi connectivity index (χ3v) is 4.63. The SMILES string of the molecule is CCOc1ccccc1NC(=O)C(C)N1CCC(C(C)O)CC1. The summed E-state index contributed by atoms with van der Waals surface area (Å²) in [6, 6.07) is 7.30. The van der Waals surface area contributed by atoms with Gasteiger partial charge in [-0.2, -0.15) is 0 Å². The van der Waals surface area contributed by atoms with Gasteiger partial charge in [0, 0.05) is 0 Å². The Hall–Kier alpha value is -1.59. The molecule has 2 rings (SSSR count). The quantitative estimate of drug-likeness (QED) is 0.845. The number of carbonyl (C=O) groups excluding carboxylic acids is 1. The Morgan fingerprint density at radius 1 is 1.35 bits per heavy atom. The van der Waals surface area contributed by atoms with Gasteiger partial charge in [-0.25, -0.2) is 0 Å². The Kier molecular flexibility index (Phi) is 6.42. The standard InChI is InChI=1S/C18H28N2O3/c1-4-23-17-8-6-5-7-16(17)19-18(22)13(2)20-11-9-15(10-12-20)14(3)21/h5-8,13-15,21H,4,9-12H2,1-3H3,(H,19,22). The minimum absolute atomic E-state index is 0.0207. The monoisotopic (exact) mass is 320 g/mol. The molecule has 1 aliphatic rings. The maximum absolute atomic E-state index is 12.5. The van der Waals surface area contributed by atoms with Crippen molar-refractivity contribution in [2.24, 2.45) is 5.92 Å². The third-order valence-electron chi connectivity index (χ3n) is 4.63. The van der Waals surface area contributed by atoms with E-state index in [0.717, 1.165) is 25.9 Å². The summed E-state index contributed by atoms with van der Waals surface area (Å²) in [5.74, 6) is 1.02. The zero-order chi connectivity index (χ0) is 16.8. The molecule has 1 aromatic carbocycles. The minimum atomic E-state index is -0.264. The molecule has 1 saturated heterocycles. The molecular weight excluding hydrogens is 292 g/mol. The number of amides is 1. The molecule has 0 saturated carbocycles. The van der Waals surface area contributed by atoms with E-state index in [-0.39, 0.29) is 18.1 Å². The molecule has 0 aromatic heterocycles. The smallest absolute Gasteiger partial charge is 0.241 e. The second kappa shape index (κ2) is 8.31. The number of aliphatic hydroxyl groups is 1. The third kappa shape index (κ3) is 4.69. The van der Waals surface area contributed by atoms with E-state index in [4.69, 9.17) is 4.74 Å². The fourth-order valence-electron chi connectivity index (χ4n) is 3.04. The Bertz CT molecular complexity index is 511. The fourth-order valence-corrected chi connectivity index (χ4v) is 3.04. The maximum atomic E-state index is 12.5. The van der Waals surface area contributed by atoms with Crippen molar-refractivity contribution in [2.45, 2.75) is 45.8 Å². The van der Waals surface area contributed by atoms with Crippen molar-refractivity contribution in [1.29, 1.82) is 0 Å². The van der Waals surface area contributed by atoms with Crippen LogP contribution in [0.2, 0.25) is 0 Å². The molecule has 0 spiro atoms. The Labute approximate surface area is 138 Å². The van der Waals surface area contributed by atoms with Crippen LogP contribution >= 0.6 is 0 Å². The Morgan fingerprint density at radius 2 is 2.00 bits per heavy atom. The highest BCUT2D eigenvalue weighted by Crippen LogP contribution is 2.25. The number of nitrogens with one attached hydrogen (secondary N) is 1. The van der Waals surface area contributed by atoms with Gasteiger partial charge in [-0.1, -0.05) is 12.1 Å². The number of rotatable bonds is 6. The molecule has 0 radical (unpaired) electrons. The van der Waals surface area contributed by atoms with Crippen LogP contribution in [0.4, 0.5) is 5.69 Å². The second-order valence-corrected chi connectivity index (χ2v) is 6.21. The van der Waals surface area contributed by atoms with Gasteiger partial charge in [0.1, 0.15) is 5.75 Å². The lowest BCUT2D eigenvalue weighted by Gasteiger charge is -2.36. The number of piperidine rings is 1. The molecule has 1 heterocycles. The predicted octanol–water partition coefficient (Wildman–Crippen LogP) is 2.51. The first kappa shape index (κ1) is 17.8. The van der Waals surface area contributed by atoms with Crippen LogP contribution in [-0.2, 0) is 4.79 Å². The number of aliphatic hydroxyl groups excluding tert-OH is 1. The molecule has 23 heavy (non-hydrogen) atoms. The average molecular weight is 320 g/mol. The molecule has 2 unspecified atom stereocenters. The first-order valence-electron chi connectivity index (χ1n) is 8.47. The van der Waals surface area contributed by atoms with E-state index in [1.807, 2.05) is 45.0 Å². The van der Waals surface area contributed by atoms with Gasteiger partial charge >= 0.3 is 0 Å². The van der Waals surface area contributed by atoms with E-state index in [0.29, 0.717) is 24.0 Å². The number of nitrogens with zero attached hydrogens (tertiary/aromatic N) is 1. The fraction of sp³-hybridized carbons (Fsp3) is 0.611. The molecule has 0 aliphatic carbocycles. The summed E-state index contributed by atoms with van der Waals surface area (Å²) in [5, 5.41) is 12.6. The number of hydrogen-bond donors (Lipinski definition) is 2. The molecule has 1 fully saturated rings. The number of hydrogen-bond acceptors (Lipinski definition) is 4. The number of carbonyl (C=O) groups is 1. The van der Waals surface area contributed by atoms with Crippen molar-refractivity contribution < 1.29 is 14.6 Å². The maximum Gasteiger partial charge on any atom is 0.241 e. The van der Waals surface area contributed by atoms with Crippen molar-refractivity contribution in [3.05, 3.63) is 24.3 Å². The molecule has 5 heteroatoms. The van der Waals surface area contributed by atoms with Gasteiger partial charge in [0.25, 0.3) is 0 Å². The number of benzene rings is 1. The molecule has 1 amide bonds. The number of anilines is 1. The Morgan fingerprint density at radius 3 is 2.61 bits per heavy atom. The Balaban J connectivity index is 1.93. The predicted molar refractivity (Wildman–Crippen MR) is 91.7 cm³/mol. The van der Waals surface area contributed by atoms with E-state index in [1.54, 1.807) is 0 Å². The van der Waals surface area contributed by atoms with Gasteiger partial charge in [-0.05, 0) is 64.8 Å². The van der Waals surface area contributed by atoms with E-state index in [2.05, 4.69) is 10.2 Å². The highest BCUT2D eigenvalue weighted by Gasteiger charge is 2.28. The molecule has 2 atom stereocenters. The normalized spacial score (nSPS) is 19.1. The van der Waals surface area contributed by atoms with Crippen molar-refractivity contribution in [3.63, 3.8) is 0 Å². The van der Waals surface area contributed by atoms with Gasteiger partial charge < -0.3 is 15.2 Å². The van der Waals surface area contributed by atoms with E-state index >= 15 is 0 Å². The van der Waals surface area contributed by atoms with Crippen LogP contribution in [0.15, 0.2) is 24.3 Å². The molecule has 2 N–H and O–H groups in total. The largest absolute Gasteiger partial charge is 0.492 e. The first-order chi connectivity index (χ1) is 11.0. The lowest BCUT2D eigenvalue weighted by molar-refractivity contribution is -0.121. The van der Waals surface area contributed by atoms with Crippen LogP contribution < -0.4 is 10.1 Å². The van der Waals surface area contributed by atoms with Crippen molar-refractivity contribution in [3.8, 4) is 5.75 Å². The topological polar surface area (TPSA) is 61.8 Å². The number of likely N-dealkylation sites (tertiary alicyclic amines) is 1. The molecule has 128 valence electrons. The highest BCUT2D eigenvalue weighted by molar-refractivity contribution is 5.95. The lowest BCUT2D eigenvalue weighted by Crippen LogP contribution is -2.47. The van der Waals surface area contributed by atoms with Gasteiger partial charge in [0.2, 0.25) is 5.91 Å². The summed E-state index contributed by atoms with van der Waals surface area (Å²) in [6.45, 7) is 7.96. The molecule has 0 bridgehead atoms. The van der Waals surface area contributed by atoms with Crippen LogP contribution in [0.1, 0.15) is 33.6 Å². The van der Waals surface area contributed by atoms with Gasteiger partial charge in [-0.15, -0.1) is 0 Å². The summed E-state index contributed by atoms with van der Waals surface area (Å²) >= 11 is 0. The van der Waals surface area contributed by atoms with Gasteiger partial charge in [0.15, 0.2) is 0 Å². The zero-order valence-corrected chi connectivity index (χ0v) is 14.3. The summed E-state index contributed by atoms with van der Waals surface area (Å²) in [6.07, 6.45) is 1.61. The lowest BCUT2D eigenvalue weighted by atomic mass is 9.91. The summed E-state index contributed by atoms with van der Waals surface area (Å²) in [7, 11) is 0. The van der Waals surface area contributed by atoms with Gasteiger partial charge in [0.05, 0.1) is 24.4 Å². The zero-order valence-electron chi connectivity index (χ0n) is 14.3. The van der Waals surface area contributed by atoms with Gasteiger partial charge in [-0.3, -0.25) is 9.69 Å². The summed E-state index contributed by atoms with van der Waals surface area (Å²) < 4.78 is 5.55. The van der Waals surface area contributed by atoms with Crippen LogP contribution in [0.25, 0.3) is 0 Å². The molecular formula is C18H28N2O3. The summed E-state index contributed by atoms with van der Waals surface area (Å²) in [4.78, 5) is 14.7. The van der Waals surface area contributed by atoms with Crippen LogP contribution in [0, 0.1) is 5.92 Å². The molecule has 1 aromatic rings. The number of para-hydroxylation sites is 2. The van der Waals surface area contributed by atoms with Crippen LogP contribution in [0.3, 0.4) is 0 Å². The van der Waals surface area contributed by atoms with Crippen molar-refractivity contribution in [2.75, 3.05) is 25.0 Å². The van der Waals surface area contributed by atoms with Crippen molar-refractivity contribution in [1.82, 2.24) is 4.90 Å². The van der Waals surface area contributed by atoms with Crippen LogP contribution in [-0.4, -0.2) is 47.8 Å². The highest BCUT2D eigenvalue weighted by atomic mass is 16.5. The minimum Gasteiger partial charge on any atom is -0.492 e. The average Bonchev–Trinajstić information content (AvgIpc) is 2.56. The molecule has 5 nitrogen and oxygen atoms in total. The first-order valence-corrected chi connectivity index (χ1v) is 8.47. The van der Waals surface area contributed by atoms with E-state index in [9.17, 15) is 9.90 Å².